The number of nitrogens with zero attached hydrogens (tertiary/aromatic N) is 2. The van der Waals surface area contributed by atoms with Crippen molar-refractivity contribution in [1.29, 1.82) is 0 Å². The molecule has 0 bridgehead atoms. The van der Waals surface area contributed by atoms with Crippen LogP contribution in [0.15, 0.2) is 0 Å². The average molecular weight is 280 g/mol. The van der Waals surface area contributed by atoms with Gasteiger partial charge < -0.3 is 9.64 Å². The lowest BCUT2D eigenvalue weighted by atomic mass is 9.95. The van der Waals surface area contributed by atoms with Crippen molar-refractivity contribution in [2.75, 3.05) is 39.3 Å². The Hall–Kier alpha value is -0.610. The molecule has 0 amide bonds. The van der Waals surface area contributed by atoms with Gasteiger partial charge in [-0.25, -0.2) is 0 Å². The fraction of sp³-hybridized carbons (Fsp3) is 0.938. The van der Waals surface area contributed by atoms with Gasteiger partial charge in [0.25, 0.3) is 0 Å². The van der Waals surface area contributed by atoms with E-state index in [0.717, 1.165) is 25.4 Å². The topological polar surface area (TPSA) is 32.8 Å². The second-order valence-corrected chi connectivity index (χ2v) is 6.69. The van der Waals surface area contributed by atoms with Crippen LogP contribution >= 0.6 is 0 Å². The van der Waals surface area contributed by atoms with Gasteiger partial charge in [0.15, 0.2) is 0 Å². The van der Waals surface area contributed by atoms with E-state index in [4.69, 9.17) is 4.74 Å². The molecular formula is C16H28N2O2. The molecule has 0 N–H and O–H groups in total. The van der Waals surface area contributed by atoms with E-state index in [2.05, 4.69) is 9.80 Å². The summed E-state index contributed by atoms with van der Waals surface area (Å²) in [5.41, 5.74) is 0. The first kappa shape index (κ1) is 14.3. The van der Waals surface area contributed by atoms with Crippen LogP contribution in [0.2, 0.25) is 0 Å². The number of piperidine rings is 1. The van der Waals surface area contributed by atoms with E-state index < -0.39 is 0 Å². The number of hydrogen-bond acceptors (Lipinski definition) is 4. The summed E-state index contributed by atoms with van der Waals surface area (Å²) < 4.78 is 5.13. The lowest BCUT2D eigenvalue weighted by Crippen LogP contribution is -2.47. The lowest BCUT2D eigenvalue weighted by Gasteiger charge is -2.37. The number of likely N-dealkylation sites (tertiary alicyclic amines) is 2. The summed E-state index contributed by atoms with van der Waals surface area (Å²) in [6.07, 6.45) is 9.01. The first-order valence-corrected chi connectivity index (χ1v) is 8.46. The summed E-state index contributed by atoms with van der Waals surface area (Å²) in [6, 6.07) is 0.0573. The maximum absolute atomic E-state index is 11.7. The molecule has 0 aliphatic carbocycles. The predicted molar refractivity (Wildman–Crippen MR) is 78.6 cm³/mol. The Morgan fingerprint density at radius 1 is 1.00 bits per heavy atom. The number of cyclic esters (lactones) is 1. The molecule has 0 spiro atoms. The van der Waals surface area contributed by atoms with Gasteiger partial charge in [0.2, 0.25) is 0 Å². The van der Waals surface area contributed by atoms with Crippen molar-refractivity contribution in [3.63, 3.8) is 0 Å². The summed E-state index contributed by atoms with van der Waals surface area (Å²) in [4.78, 5) is 16.8. The van der Waals surface area contributed by atoms with E-state index in [1.165, 1.54) is 58.2 Å². The minimum Gasteiger partial charge on any atom is -0.464 e. The van der Waals surface area contributed by atoms with Gasteiger partial charge in [0, 0.05) is 19.5 Å². The van der Waals surface area contributed by atoms with Gasteiger partial charge in [-0.15, -0.1) is 0 Å². The fourth-order valence-electron chi connectivity index (χ4n) is 4.03. The molecular weight excluding hydrogens is 252 g/mol. The smallest absolute Gasteiger partial charge is 0.323 e. The number of carbonyl (C=O) groups is 1. The van der Waals surface area contributed by atoms with Crippen molar-refractivity contribution in [1.82, 2.24) is 9.80 Å². The Bertz CT molecular complexity index is 326. The van der Waals surface area contributed by atoms with Crippen LogP contribution in [0, 0.1) is 5.92 Å². The lowest BCUT2D eigenvalue weighted by molar-refractivity contribution is -0.142. The Labute approximate surface area is 122 Å². The van der Waals surface area contributed by atoms with Gasteiger partial charge in [-0.2, -0.15) is 0 Å². The van der Waals surface area contributed by atoms with E-state index in [-0.39, 0.29) is 12.0 Å². The van der Waals surface area contributed by atoms with Gasteiger partial charge >= 0.3 is 5.97 Å². The van der Waals surface area contributed by atoms with Crippen molar-refractivity contribution < 1.29 is 9.53 Å². The summed E-state index contributed by atoms with van der Waals surface area (Å²) in [5, 5.41) is 0. The van der Waals surface area contributed by atoms with Gasteiger partial charge in [-0.3, -0.25) is 9.69 Å². The Balaban J connectivity index is 1.51. The molecule has 3 rings (SSSR count). The van der Waals surface area contributed by atoms with Crippen molar-refractivity contribution >= 4 is 5.97 Å². The molecule has 3 aliphatic rings. The molecule has 4 heteroatoms. The van der Waals surface area contributed by atoms with Gasteiger partial charge in [-0.05, 0) is 51.2 Å². The minimum atomic E-state index is 0.0143. The molecule has 20 heavy (non-hydrogen) atoms. The summed E-state index contributed by atoms with van der Waals surface area (Å²) >= 11 is 0. The maximum atomic E-state index is 11.7. The third kappa shape index (κ3) is 3.53. The average Bonchev–Trinajstić information content (AvgIpc) is 2.72. The standard InChI is InChI=1S/C16H28N2O2/c19-16-15(7-11-20-16)18-10-5-6-14(13-18)12-17-8-3-1-2-4-9-17/h14-15H,1-13H2. The normalized spacial score (nSPS) is 33.9. The first-order valence-electron chi connectivity index (χ1n) is 8.46. The van der Waals surface area contributed by atoms with Crippen LogP contribution in [-0.4, -0.2) is 61.1 Å². The van der Waals surface area contributed by atoms with Crippen LogP contribution in [0.4, 0.5) is 0 Å². The van der Waals surface area contributed by atoms with Gasteiger partial charge in [0.1, 0.15) is 6.04 Å². The maximum Gasteiger partial charge on any atom is 0.323 e. The molecule has 0 saturated carbocycles. The van der Waals surface area contributed by atoms with Crippen molar-refractivity contribution in [2.45, 2.75) is 51.0 Å². The summed E-state index contributed by atoms with van der Waals surface area (Å²) in [7, 11) is 0. The number of ether oxygens (including phenoxy) is 1. The van der Waals surface area contributed by atoms with Crippen LogP contribution in [0.3, 0.4) is 0 Å². The molecule has 0 aromatic heterocycles. The monoisotopic (exact) mass is 280 g/mol. The third-order valence-electron chi connectivity index (χ3n) is 5.11. The predicted octanol–water partition coefficient (Wildman–Crippen LogP) is 1.89. The van der Waals surface area contributed by atoms with E-state index in [1.807, 2.05) is 0 Å². The SMILES string of the molecule is O=C1OCCC1N1CCCC(CN2CCCCCC2)C1. The van der Waals surface area contributed by atoms with Crippen LogP contribution in [0.1, 0.15) is 44.9 Å². The van der Waals surface area contributed by atoms with E-state index in [1.54, 1.807) is 0 Å². The molecule has 0 radical (unpaired) electrons. The molecule has 2 unspecified atom stereocenters. The molecule has 3 saturated heterocycles. The van der Waals surface area contributed by atoms with Gasteiger partial charge in [-0.1, -0.05) is 12.8 Å². The second-order valence-electron chi connectivity index (χ2n) is 6.69. The van der Waals surface area contributed by atoms with E-state index in [0.29, 0.717) is 6.61 Å². The molecule has 0 aromatic rings. The van der Waals surface area contributed by atoms with Crippen molar-refractivity contribution in [2.24, 2.45) is 5.92 Å². The van der Waals surface area contributed by atoms with Crippen molar-refractivity contribution in [3.05, 3.63) is 0 Å². The molecule has 2 atom stereocenters. The zero-order valence-electron chi connectivity index (χ0n) is 12.6. The first-order chi connectivity index (χ1) is 9.83. The number of hydrogen-bond donors (Lipinski definition) is 0. The fourth-order valence-corrected chi connectivity index (χ4v) is 4.03. The van der Waals surface area contributed by atoms with Gasteiger partial charge in [0.05, 0.1) is 6.61 Å². The highest BCUT2D eigenvalue weighted by Gasteiger charge is 2.35. The van der Waals surface area contributed by atoms with Crippen LogP contribution in [0.25, 0.3) is 0 Å². The Morgan fingerprint density at radius 2 is 1.80 bits per heavy atom. The number of rotatable bonds is 3. The van der Waals surface area contributed by atoms with E-state index in [9.17, 15) is 4.79 Å². The highest BCUT2D eigenvalue weighted by atomic mass is 16.5. The molecule has 4 nitrogen and oxygen atoms in total. The third-order valence-corrected chi connectivity index (χ3v) is 5.11. The van der Waals surface area contributed by atoms with E-state index >= 15 is 0 Å². The van der Waals surface area contributed by atoms with Crippen LogP contribution in [-0.2, 0) is 9.53 Å². The molecule has 114 valence electrons. The Kier molecular flexibility index (Phi) is 4.94. The zero-order valence-corrected chi connectivity index (χ0v) is 12.6. The van der Waals surface area contributed by atoms with Crippen molar-refractivity contribution in [3.8, 4) is 0 Å². The number of carbonyl (C=O) groups excluding carboxylic acids is 1. The highest BCUT2D eigenvalue weighted by molar-refractivity contribution is 5.77. The largest absolute Gasteiger partial charge is 0.464 e. The minimum absolute atomic E-state index is 0.0143. The molecule has 3 heterocycles. The summed E-state index contributed by atoms with van der Waals surface area (Å²) in [5.74, 6) is 0.760. The summed E-state index contributed by atoms with van der Waals surface area (Å²) in [6.45, 7) is 6.59. The highest BCUT2D eigenvalue weighted by Crippen LogP contribution is 2.24. The quantitative estimate of drug-likeness (QED) is 0.739. The van der Waals surface area contributed by atoms with Crippen LogP contribution in [0.5, 0.6) is 0 Å². The zero-order chi connectivity index (χ0) is 13.8. The number of esters is 1. The molecule has 0 aromatic carbocycles. The molecule has 3 aliphatic heterocycles. The molecule has 3 fully saturated rings. The van der Waals surface area contributed by atoms with Crippen LogP contribution < -0.4 is 0 Å². The Morgan fingerprint density at radius 3 is 2.50 bits per heavy atom. The second kappa shape index (κ2) is 6.90.